The van der Waals surface area contributed by atoms with Crippen molar-refractivity contribution in [1.29, 1.82) is 0 Å². The van der Waals surface area contributed by atoms with Gasteiger partial charge in [-0.1, -0.05) is 11.6 Å². The number of anilines is 1. The summed E-state index contributed by atoms with van der Waals surface area (Å²) in [6, 6.07) is 7.86. The smallest absolute Gasteiger partial charge is 0.115 e. The summed E-state index contributed by atoms with van der Waals surface area (Å²) in [7, 11) is 0. The van der Waals surface area contributed by atoms with Crippen molar-refractivity contribution in [2.24, 2.45) is 0 Å². The minimum absolute atomic E-state index is 0.145. The predicted molar refractivity (Wildman–Crippen MR) is 80.9 cm³/mol. The van der Waals surface area contributed by atoms with E-state index in [2.05, 4.69) is 22.2 Å². The topological polar surface area (TPSA) is 37.8 Å². The van der Waals surface area contributed by atoms with Crippen LogP contribution in [0.3, 0.4) is 0 Å². The largest absolute Gasteiger partial charge is 0.374 e. The van der Waals surface area contributed by atoms with Gasteiger partial charge in [0, 0.05) is 23.2 Å². The monoisotopic (exact) mass is 289 g/mol. The van der Waals surface area contributed by atoms with Crippen molar-refractivity contribution in [2.75, 3.05) is 5.32 Å². The van der Waals surface area contributed by atoms with Crippen LogP contribution in [0.25, 0.3) is 10.9 Å². The molecule has 1 aromatic carbocycles. The standard InChI is InChI=1S/C14H12ClN3S/c1-9(14-17-7-8-19-14)18-12-5-4-11(15)10-3-2-6-16-13(10)12/h2-9,18H,1H3. The van der Waals surface area contributed by atoms with Crippen LogP contribution < -0.4 is 5.32 Å². The Morgan fingerprint density at radius 3 is 2.89 bits per heavy atom. The number of pyridine rings is 1. The number of hydrogen-bond acceptors (Lipinski definition) is 4. The maximum Gasteiger partial charge on any atom is 0.115 e. The minimum atomic E-state index is 0.145. The number of rotatable bonds is 3. The molecule has 0 spiro atoms. The molecule has 0 bridgehead atoms. The molecule has 5 heteroatoms. The van der Waals surface area contributed by atoms with Crippen LogP contribution in [0.5, 0.6) is 0 Å². The van der Waals surface area contributed by atoms with Gasteiger partial charge in [-0.15, -0.1) is 11.3 Å². The van der Waals surface area contributed by atoms with Crippen molar-refractivity contribution < 1.29 is 0 Å². The van der Waals surface area contributed by atoms with E-state index in [4.69, 9.17) is 11.6 Å². The van der Waals surface area contributed by atoms with Crippen molar-refractivity contribution in [3.63, 3.8) is 0 Å². The van der Waals surface area contributed by atoms with Crippen molar-refractivity contribution >= 4 is 39.5 Å². The Morgan fingerprint density at radius 1 is 1.21 bits per heavy atom. The molecule has 0 aliphatic heterocycles. The second-order valence-electron chi connectivity index (χ2n) is 4.23. The molecule has 1 unspecified atom stereocenters. The average molecular weight is 290 g/mol. The van der Waals surface area contributed by atoms with Crippen molar-refractivity contribution in [3.8, 4) is 0 Å². The van der Waals surface area contributed by atoms with Crippen LogP contribution in [-0.2, 0) is 0 Å². The predicted octanol–water partition coefficient (Wildman–Crippen LogP) is 4.52. The van der Waals surface area contributed by atoms with Gasteiger partial charge < -0.3 is 5.32 Å². The van der Waals surface area contributed by atoms with Gasteiger partial charge >= 0.3 is 0 Å². The van der Waals surface area contributed by atoms with Gasteiger partial charge in [-0.2, -0.15) is 0 Å². The first-order valence-electron chi connectivity index (χ1n) is 5.95. The number of hydrogen-bond donors (Lipinski definition) is 1. The second kappa shape index (κ2) is 5.15. The van der Waals surface area contributed by atoms with Gasteiger partial charge in [-0.05, 0) is 31.2 Å². The first-order valence-corrected chi connectivity index (χ1v) is 7.20. The van der Waals surface area contributed by atoms with E-state index in [-0.39, 0.29) is 6.04 Å². The number of benzene rings is 1. The number of nitrogens with one attached hydrogen (secondary N) is 1. The molecule has 2 aromatic heterocycles. The van der Waals surface area contributed by atoms with Gasteiger partial charge in [-0.25, -0.2) is 4.98 Å². The zero-order valence-corrected chi connectivity index (χ0v) is 11.9. The highest BCUT2D eigenvalue weighted by atomic mass is 35.5. The van der Waals surface area contributed by atoms with Gasteiger partial charge in [0.05, 0.1) is 22.3 Å². The Hall–Kier alpha value is -1.65. The molecule has 0 saturated carbocycles. The Kier molecular flexibility index (Phi) is 3.36. The summed E-state index contributed by atoms with van der Waals surface area (Å²) in [6.45, 7) is 2.09. The lowest BCUT2D eigenvalue weighted by atomic mass is 10.2. The number of thiazole rings is 1. The van der Waals surface area contributed by atoms with Gasteiger partial charge in [0.25, 0.3) is 0 Å². The lowest BCUT2D eigenvalue weighted by Crippen LogP contribution is -2.06. The summed E-state index contributed by atoms with van der Waals surface area (Å²) in [4.78, 5) is 8.73. The quantitative estimate of drug-likeness (QED) is 0.770. The summed E-state index contributed by atoms with van der Waals surface area (Å²) in [6.07, 6.45) is 3.59. The third-order valence-electron chi connectivity index (χ3n) is 2.91. The normalized spacial score (nSPS) is 12.5. The molecule has 3 rings (SSSR count). The maximum atomic E-state index is 6.19. The number of aromatic nitrogens is 2. The summed E-state index contributed by atoms with van der Waals surface area (Å²) in [5.74, 6) is 0. The van der Waals surface area contributed by atoms with Gasteiger partial charge in [-0.3, -0.25) is 4.98 Å². The molecule has 0 saturated heterocycles. The van der Waals surface area contributed by atoms with E-state index in [0.717, 1.165) is 26.6 Å². The van der Waals surface area contributed by atoms with Crippen molar-refractivity contribution in [3.05, 3.63) is 52.1 Å². The van der Waals surface area contributed by atoms with E-state index >= 15 is 0 Å². The average Bonchev–Trinajstić information content (AvgIpc) is 2.96. The second-order valence-corrected chi connectivity index (χ2v) is 5.56. The highest BCUT2D eigenvalue weighted by Gasteiger charge is 2.11. The fourth-order valence-electron chi connectivity index (χ4n) is 2.00. The van der Waals surface area contributed by atoms with Crippen LogP contribution >= 0.6 is 22.9 Å². The summed E-state index contributed by atoms with van der Waals surface area (Å²) in [5.41, 5.74) is 1.86. The van der Waals surface area contributed by atoms with E-state index in [1.165, 1.54) is 0 Å². The van der Waals surface area contributed by atoms with Crippen molar-refractivity contribution in [2.45, 2.75) is 13.0 Å². The van der Waals surface area contributed by atoms with Crippen LogP contribution in [0.1, 0.15) is 18.0 Å². The minimum Gasteiger partial charge on any atom is -0.374 e. The molecule has 19 heavy (non-hydrogen) atoms. The molecule has 0 amide bonds. The van der Waals surface area contributed by atoms with E-state index in [0.29, 0.717) is 0 Å². The molecular formula is C14H12ClN3S. The van der Waals surface area contributed by atoms with Gasteiger partial charge in [0.2, 0.25) is 0 Å². The molecule has 0 fully saturated rings. The van der Waals surface area contributed by atoms with E-state index < -0.39 is 0 Å². The molecule has 3 nitrogen and oxygen atoms in total. The zero-order valence-electron chi connectivity index (χ0n) is 10.3. The summed E-state index contributed by atoms with van der Waals surface area (Å²) in [5, 5.41) is 8.15. The Morgan fingerprint density at radius 2 is 2.11 bits per heavy atom. The number of fused-ring (bicyclic) bond motifs is 1. The fraction of sp³-hybridized carbons (Fsp3) is 0.143. The van der Waals surface area contributed by atoms with E-state index in [9.17, 15) is 0 Å². The molecule has 3 aromatic rings. The lowest BCUT2D eigenvalue weighted by molar-refractivity contribution is 0.871. The summed E-state index contributed by atoms with van der Waals surface area (Å²) < 4.78 is 0. The molecule has 2 heterocycles. The number of halogens is 1. The Labute approximate surface area is 120 Å². The Balaban J connectivity index is 2.00. The SMILES string of the molecule is CC(Nc1ccc(Cl)c2cccnc12)c1nccs1. The van der Waals surface area contributed by atoms with Crippen LogP contribution in [0.15, 0.2) is 42.0 Å². The van der Waals surface area contributed by atoms with E-state index in [1.54, 1.807) is 17.5 Å². The van der Waals surface area contributed by atoms with Crippen LogP contribution in [0.4, 0.5) is 5.69 Å². The lowest BCUT2D eigenvalue weighted by Gasteiger charge is -2.14. The third kappa shape index (κ3) is 2.41. The zero-order chi connectivity index (χ0) is 13.2. The van der Waals surface area contributed by atoms with Crippen LogP contribution in [-0.4, -0.2) is 9.97 Å². The molecule has 96 valence electrons. The first-order chi connectivity index (χ1) is 9.25. The maximum absolute atomic E-state index is 6.19. The van der Waals surface area contributed by atoms with Crippen LogP contribution in [0, 0.1) is 0 Å². The van der Waals surface area contributed by atoms with E-state index in [1.807, 2.05) is 35.8 Å². The van der Waals surface area contributed by atoms with Crippen LogP contribution in [0.2, 0.25) is 5.02 Å². The van der Waals surface area contributed by atoms with Gasteiger partial charge in [0.1, 0.15) is 5.01 Å². The first kappa shape index (κ1) is 12.4. The fourth-order valence-corrected chi connectivity index (χ4v) is 2.86. The van der Waals surface area contributed by atoms with Crippen molar-refractivity contribution in [1.82, 2.24) is 9.97 Å². The third-order valence-corrected chi connectivity index (χ3v) is 4.20. The molecule has 1 N–H and O–H groups in total. The molecule has 0 radical (unpaired) electrons. The highest BCUT2D eigenvalue weighted by molar-refractivity contribution is 7.09. The number of nitrogens with zero attached hydrogens (tertiary/aromatic N) is 2. The molecule has 0 aliphatic carbocycles. The highest BCUT2D eigenvalue weighted by Crippen LogP contribution is 2.30. The summed E-state index contributed by atoms with van der Waals surface area (Å²) >= 11 is 7.83. The molecular weight excluding hydrogens is 278 g/mol. The Bertz CT molecular complexity index is 697. The van der Waals surface area contributed by atoms with Gasteiger partial charge in [0.15, 0.2) is 0 Å². The molecule has 0 aliphatic rings. The molecule has 1 atom stereocenters.